The van der Waals surface area contributed by atoms with Gasteiger partial charge in [-0.05, 0) is 12.3 Å². The highest BCUT2D eigenvalue weighted by Crippen LogP contribution is 2.18. The van der Waals surface area contributed by atoms with Crippen LogP contribution in [0.1, 0.15) is 26.1 Å². The average molecular weight is 266 g/mol. The summed E-state index contributed by atoms with van der Waals surface area (Å²) >= 11 is 1.84. The summed E-state index contributed by atoms with van der Waals surface area (Å²) in [6, 6.07) is 0.582. The van der Waals surface area contributed by atoms with E-state index in [-0.39, 0.29) is 0 Å². The van der Waals surface area contributed by atoms with Gasteiger partial charge < -0.3 is 9.88 Å². The first kappa shape index (κ1) is 13.5. The van der Waals surface area contributed by atoms with Gasteiger partial charge in [-0.15, -0.1) is 0 Å². The average Bonchev–Trinajstić information content (AvgIpc) is 2.76. The quantitative estimate of drug-likeness (QED) is 0.907. The minimum Gasteiger partial charge on any atom is -0.362 e. The molecule has 100 valence electrons. The Morgan fingerprint density at radius 1 is 1.61 bits per heavy atom. The molecule has 0 spiro atoms. The van der Waals surface area contributed by atoms with Crippen molar-refractivity contribution in [1.29, 1.82) is 0 Å². The van der Waals surface area contributed by atoms with Gasteiger partial charge in [0.2, 0.25) is 0 Å². The predicted octanol–water partition coefficient (Wildman–Crippen LogP) is 2.07. The fourth-order valence-electron chi connectivity index (χ4n) is 2.04. The van der Waals surface area contributed by atoms with E-state index in [1.807, 2.05) is 31.2 Å². The lowest BCUT2D eigenvalue weighted by Crippen LogP contribution is -2.41. The lowest BCUT2D eigenvalue weighted by Gasteiger charge is -2.28. The van der Waals surface area contributed by atoms with Crippen LogP contribution in [0.2, 0.25) is 0 Å². The van der Waals surface area contributed by atoms with Gasteiger partial charge in [-0.25, -0.2) is 4.98 Å². The molecule has 1 atom stereocenters. The van der Waals surface area contributed by atoms with E-state index < -0.39 is 0 Å². The molecule has 0 bridgehead atoms. The van der Waals surface area contributed by atoms with E-state index in [1.165, 1.54) is 12.2 Å². The van der Waals surface area contributed by atoms with E-state index in [0.717, 1.165) is 24.0 Å². The van der Waals surface area contributed by atoms with E-state index >= 15 is 0 Å². The number of thioether (sulfide) groups is 1. The van der Waals surface area contributed by atoms with Gasteiger partial charge in [0.25, 0.3) is 0 Å². The Bertz CT molecular complexity index is 411. The van der Waals surface area contributed by atoms with Crippen molar-refractivity contribution < 1.29 is 0 Å². The number of rotatable bonds is 4. The molecule has 1 fully saturated rings. The van der Waals surface area contributed by atoms with Crippen LogP contribution < -0.4 is 5.32 Å². The minimum absolute atomic E-state index is 0.582. The highest BCUT2D eigenvalue weighted by molar-refractivity contribution is 8.13. The highest BCUT2D eigenvalue weighted by Gasteiger charge is 2.19. The minimum atomic E-state index is 0.582. The van der Waals surface area contributed by atoms with Gasteiger partial charge in [0.05, 0.1) is 0 Å². The first-order valence-electron chi connectivity index (χ1n) is 6.57. The Balaban J connectivity index is 1.84. The van der Waals surface area contributed by atoms with Crippen molar-refractivity contribution in [2.75, 3.05) is 12.3 Å². The molecule has 18 heavy (non-hydrogen) atoms. The van der Waals surface area contributed by atoms with Gasteiger partial charge in [-0.3, -0.25) is 4.99 Å². The van der Waals surface area contributed by atoms with Crippen molar-refractivity contribution >= 4 is 16.9 Å². The van der Waals surface area contributed by atoms with E-state index in [2.05, 4.69) is 33.7 Å². The number of nitrogens with zero attached hydrogens (tertiary/aromatic N) is 3. The SMILES string of the molecule is CC(C)C1CCSC(=NCCc2nccn2C)N1. The predicted molar refractivity (Wildman–Crippen MR) is 78.1 cm³/mol. The van der Waals surface area contributed by atoms with Crippen molar-refractivity contribution in [2.24, 2.45) is 18.0 Å². The summed E-state index contributed by atoms with van der Waals surface area (Å²) in [6.45, 7) is 5.34. The Labute approximate surface area is 113 Å². The number of hydrogen-bond acceptors (Lipinski definition) is 3. The van der Waals surface area contributed by atoms with Gasteiger partial charge >= 0.3 is 0 Å². The summed E-state index contributed by atoms with van der Waals surface area (Å²) in [5, 5.41) is 4.64. The molecule has 1 unspecified atom stereocenters. The summed E-state index contributed by atoms with van der Waals surface area (Å²) in [7, 11) is 2.03. The zero-order chi connectivity index (χ0) is 13.0. The highest BCUT2D eigenvalue weighted by atomic mass is 32.2. The summed E-state index contributed by atoms with van der Waals surface area (Å²) < 4.78 is 2.05. The summed E-state index contributed by atoms with van der Waals surface area (Å²) in [5.41, 5.74) is 0. The molecule has 1 aliphatic heterocycles. The largest absolute Gasteiger partial charge is 0.362 e. The molecule has 1 saturated heterocycles. The fourth-order valence-corrected chi connectivity index (χ4v) is 3.02. The number of aromatic nitrogens is 2. The monoisotopic (exact) mass is 266 g/mol. The molecule has 0 aromatic carbocycles. The van der Waals surface area contributed by atoms with E-state index in [4.69, 9.17) is 0 Å². The van der Waals surface area contributed by atoms with Crippen LogP contribution in [-0.2, 0) is 13.5 Å². The molecule has 2 rings (SSSR count). The number of amidine groups is 1. The van der Waals surface area contributed by atoms with Crippen molar-refractivity contribution in [1.82, 2.24) is 14.9 Å². The molecule has 0 saturated carbocycles. The van der Waals surface area contributed by atoms with Crippen LogP contribution in [0.25, 0.3) is 0 Å². The Hall–Kier alpha value is -0.970. The van der Waals surface area contributed by atoms with Gasteiger partial charge in [-0.2, -0.15) is 0 Å². The smallest absolute Gasteiger partial charge is 0.156 e. The van der Waals surface area contributed by atoms with E-state index in [0.29, 0.717) is 12.0 Å². The first-order chi connectivity index (χ1) is 8.66. The number of aryl methyl sites for hydroxylation is 1. The van der Waals surface area contributed by atoms with Crippen LogP contribution in [-0.4, -0.2) is 33.1 Å². The maximum absolute atomic E-state index is 4.65. The maximum atomic E-state index is 4.65. The van der Waals surface area contributed by atoms with Crippen molar-refractivity contribution in [3.8, 4) is 0 Å². The van der Waals surface area contributed by atoms with Crippen LogP contribution in [0.4, 0.5) is 0 Å². The standard InChI is InChI=1S/C13H22N4S/c1-10(2)11-5-9-18-13(16-11)15-6-4-12-14-7-8-17(12)3/h7-8,10-11H,4-6,9H2,1-3H3,(H,15,16). The van der Waals surface area contributed by atoms with Crippen LogP contribution in [0.5, 0.6) is 0 Å². The molecule has 2 heterocycles. The third-order valence-electron chi connectivity index (χ3n) is 3.29. The summed E-state index contributed by atoms with van der Waals surface area (Å²) in [4.78, 5) is 8.96. The van der Waals surface area contributed by atoms with Crippen LogP contribution in [0, 0.1) is 5.92 Å². The molecular weight excluding hydrogens is 244 g/mol. The van der Waals surface area contributed by atoms with Gasteiger partial charge in [0.15, 0.2) is 5.17 Å². The van der Waals surface area contributed by atoms with Crippen molar-refractivity contribution in [3.63, 3.8) is 0 Å². The summed E-state index contributed by atoms with van der Waals surface area (Å²) in [5.74, 6) is 2.95. The van der Waals surface area contributed by atoms with Crippen LogP contribution >= 0.6 is 11.8 Å². The second-order valence-corrected chi connectivity index (χ2v) is 6.11. The molecule has 0 amide bonds. The van der Waals surface area contributed by atoms with Crippen LogP contribution in [0.3, 0.4) is 0 Å². The molecule has 5 heteroatoms. The molecule has 1 aliphatic rings. The third-order valence-corrected chi connectivity index (χ3v) is 4.25. The van der Waals surface area contributed by atoms with Crippen LogP contribution in [0.15, 0.2) is 17.4 Å². The Morgan fingerprint density at radius 3 is 3.11 bits per heavy atom. The second kappa shape index (κ2) is 6.27. The number of hydrogen-bond donors (Lipinski definition) is 1. The van der Waals surface area contributed by atoms with Gasteiger partial charge in [0, 0.05) is 44.2 Å². The molecular formula is C13H22N4S. The molecule has 4 nitrogen and oxygen atoms in total. The molecule has 1 N–H and O–H groups in total. The van der Waals surface area contributed by atoms with Gasteiger partial charge in [-0.1, -0.05) is 25.6 Å². The molecule has 0 radical (unpaired) electrons. The molecule has 1 aromatic rings. The zero-order valence-corrected chi connectivity index (χ0v) is 12.2. The van der Waals surface area contributed by atoms with Crippen molar-refractivity contribution in [2.45, 2.75) is 32.7 Å². The molecule has 0 aliphatic carbocycles. The molecule has 1 aromatic heterocycles. The van der Waals surface area contributed by atoms with E-state index in [1.54, 1.807) is 0 Å². The number of imidazole rings is 1. The third kappa shape index (κ3) is 3.51. The number of aliphatic imine (C=N–C) groups is 1. The van der Waals surface area contributed by atoms with Crippen molar-refractivity contribution in [3.05, 3.63) is 18.2 Å². The lowest BCUT2D eigenvalue weighted by atomic mass is 10.0. The summed E-state index contributed by atoms with van der Waals surface area (Å²) in [6.07, 6.45) is 5.96. The Morgan fingerprint density at radius 2 is 2.44 bits per heavy atom. The topological polar surface area (TPSA) is 42.2 Å². The normalized spacial score (nSPS) is 22.4. The first-order valence-corrected chi connectivity index (χ1v) is 7.55. The number of nitrogens with one attached hydrogen (secondary N) is 1. The Kier molecular flexibility index (Phi) is 4.69. The van der Waals surface area contributed by atoms with Gasteiger partial charge in [0.1, 0.15) is 5.82 Å². The van der Waals surface area contributed by atoms with E-state index in [9.17, 15) is 0 Å². The fraction of sp³-hybridized carbons (Fsp3) is 0.692. The second-order valence-electron chi connectivity index (χ2n) is 5.02. The lowest BCUT2D eigenvalue weighted by molar-refractivity contribution is 0.442. The zero-order valence-electron chi connectivity index (χ0n) is 11.4. The maximum Gasteiger partial charge on any atom is 0.156 e.